The van der Waals surface area contributed by atoms with Crippen molar-refractivity contribution in [3.05, 3.63) is 83.6 Å². The van der Waals surface area contributed by atoms with Gasteiger partial charge in [0.25, 0.3) is 5.91 Å². The smallest absolute Gasteiger partial charge is 0.255 e. The molecule has 1 N–H and O–H groups in total. The van der Waals surface area contributed by atoms with E-state index in [2.05, 4.69) is 35.9 Å². The van der Waals surface area contributed by atoms with E-state index in [1.165, 1.54) is 16.8 Å². The van der Waals surface area contributed by atoms with Crippen molar-refractivity contribution in [3.8, 4) is 17.2 Å². The van der Waals surface area contributed by atoms with E-state index < -0.39 is 0 Å². The zero-order chi connectivity index (χ0) is 23.4. The largest absolute Gasteiger partial charge is 0.497 e. The standard InChI is InChI=1S/C27H27ClN2O3/c1-18-19(2)30(14-6-13-28)26-12-11-24(17-25(18)26)33-23-10-4-7-20(15-23)27(31)29-21-8-5-9-22(16-21)32-3/h4-5,7-12,15-17H,6,13-14H2,1-3H3,(H,29,31). The molecule has 0 bridgehead atoms. The van der Waals surface area contributed by atoms with Gasteiger partial charge in [0.15, 0.2) is 0 Å². The molecule has 0 atom stereocenters. The molecule has 0 unspecified atom stereocenters. The molecular weight excluding hydrogens is 436 g/mol. The summed E-state index contributed by atoms with van der Waals surface area (Å²) in [4.78, 5) is 12.7. The Hall–Kier alpha value is -3.44. The van der Waals surface area contributed by atoms with Gasteiger partial charge in [0.2, 0.25) is 0 Å². The molecule has 0 spiro atoms. The maximum absolute atomic E-state index is 12.7. The molecule has 4 rings (SSSR count). The third kappa shape index (κ3) is 4.99. The predicted molar refractivity (Wildman–Crippen MR) is 134 cm³/mol. The van der Waals surface area contributed by atoms with E-state index in [-0.39, 0.29) is 5.91 Å². The van der Waals surface area contributed by atoms with Crippen LogP contribution in [0.5, 0.6) is 17.2 Å². The Morgan fingerprint density at radius 1 is 0.970 bits per heavy atom. The van der Waals surface area contributed by atoms with E-state index in [0.717, 1.165) is 24.1 Å². The van der Waals surface area contributed by atoms with Crippen LogP contribution < -0.4 is 14.8 Å². The molecule has 0 fully saturated rings. The number of ether oxygens (including phenoxy) is 2. The lowest BCUT2D eigenvalue weighted by molar-refractivity contribution is 0.102. The van der Waals surface area contributed by atoms with Crippen LogP contribution >= 0.6 is 11.6 Å². The van der Waals surface area contributed by atoms with Gasteiger partial charge in [0, 0.05) is 46.3 Å². The van der Waals surface area contributed by atoms with E-state index in [1.807, 2.05) is 36.4 Å². The minimum Gasteiger partial charge on any atom is -0.497 e. The number of methoxy groups -OCH3 is 1. The maximum Gasteiger partial charge on any atom is 0.255 e. The Balaban J connectivity index is 1.54. The quantitative estimate of drug-likeness (QED) is 0.288. The topological polar surface area (TPSA) is 52.5 Å². The lowest BCUT2D eigenvalue weighted by Crippen LogP contribution is -2.11. The number of carbonyl (C=O) groups is 1. The third-order valence-corrected chi connectivity index (χ3v) is 6.05. The molecule has 0 aliphatic rings. The lowest BCUT2D eigenvalue weighted by Gasteiger charge is -2.10. The van der Waals surface area contributed by atoms with Crippen LogP contribution in [0.25, 0.3) is 10.9 Å². The van der Waals surface area contributed by atoms with Crippen LogP contribution in [0.4, 0.5) is 5.69 Å². The number of anilines is 1. The summed E-state index contributed by atoms with van der Waals surface area (Å²) in [5, 5.41) is 4.05. The Morgan fingerprint density at radius 3 is 2.52 bits per heavy atom. The van der Waals surface area contributed by atoms with Crippen molar-refractivity contribution in [2.24, 2.45) is 0 Å². The number of alkyl halides is 1. The van der Waals surface area contributed by atoms with Gasteiger partial charge in [-0.2, -0.15) is 0 Å². The van der Waals surface area contributed by atoms with Gasteiger partial charge in [-0.25, -0.2) is 0 Å². The fourth-order valence-electron chi connectivity index (χ4n) is 3.94. The van der Waals surface area contributed by atoms with Crippen LogP contribution in [-0.4, -0.2) is 23.5 Å². The van der Waals surface area contributed by atoms with Gasteiger partial charge in [-0.05, 0) is 74.4 Å². The van der Waals surface area contributed by atoms with Crippen LogP contribution in [0.1, 0.15) is 28.0 Å². The Morgan fingerprint density at radius 2 is 1.73 bits per heavy atom. The van der Waals surface area contributed by atoms with Gasteiger partial charge in [0.1, 0.15) is 17.2 Å². The molecule has 170 valence electrons. The molecule has 0 saturated heterocycles. The van der Waals surface area contributed by atoms with Gasteiger partial charge in [-0.1, -0.05) is 12.1 Å². The number of rotatable bonds is 8. The van der Waals surface area contributed by atoms with E-state index in [4.69, 9.17) is 21.1 Å². The molecule has 0 aliphatic heterocycles. The normalized spacial score (nSPS) is 10.9. The number of aryl methyl sites for hydroxylation is 2. The van der Waals surface area contributed by atoms with Crippen LogP contribution in [0.3, 0.4) is 0 Å². The predicted octanol–water partition coefficient (Wildman–Crippen LogP) is 6.94. The molecule has 5 nitrogen and oxygen atoms in total. The maximum atomic E-state index is 12.7. The Bertz CT molecular complexity index is 1300. The van der Waals surface area contributed by atoms with Crippen LogP contribution in [0.15, 0.2) is 66.7 Å². The average molecular weight is 463 g/mol. The number of hydrogen-bond acceptors (Lipinski definition) is 3. The van der Waals surface area contributed by atoms with Crippen molar-refractivity contribution >= 4 is 34.1 Å². The molecular formula is C27H27ClN2O3. The van der Waals surface area contributed by atoms with E-state index >= 15 is 0 Å². The first-order chi connectivity index (χ1) is 16.0. The summed E-state index contributed by atoms with van der Waals surface area (Å²) in [5.41, 5.74) is 4.82. The molecule has 0 aliphatic carbocycles. The minimum absolute atomic E-state index is 0.216. The molecule has 0 saturated carbocycles. The number of nitrogens with zero attached hydrogens (tertiary/aromatic N) is 1. The number of fused-ring (bicyclic) bond motifs is 1. The highest BCUT2D eigenvalue weighted by molar-refractivity contribution is 6.17. The SMILES string of the molecule is COc1cccc(NC(=O)c2cccc(Oc3ccc4c(c3)c(C)c(C)n4CCCCl)c2)c1. The fourth-order valence-corrected chi connectivity index (χ4v) is 4.06. The number of halogens is 1. The Labute approximate surface area is 198 Å². The molecule has 1 amide bonds. The van der Waals surface area contributed by atoms with Crippen molar-refractivity contribution in [1.29, 1.82) is 0 Å². The summed E-state index contributed by atoms with van der Waals surface area (Å²) in [5.74, 6) is 2.43. The van der Waals surface area contributed by atoms with Crippen molar-refractivity contribution in [1.82, 2.24) is 4.57 Å². The van der Waals surface area contributed by atoms with Crippen molar-refractivity contribution in [2.45, 2.75) is 26.8 Å². The zero-order valence-corrected chi connectivity index (χ0v) is 19.8. The second-order valence-electron chi connectivity index (χ2n) is 7.90. The first kappa shape index (κ1) is 22.7. The van der Waals surface area contributed by atoms with E-state index in [1.54, 1.807) is 25.3 Å². The van der Waals surface area contributed by atoms with Gasteiger partial charge in [-0.15, -0.1) is 11.6 Å². The lowest BCUT2D eigenvalue weighted by atomic mass is 10.1. The molecule has 1 aromatic heterocycles. The molecule has 6 heteroatoms. The van der Waals surface area contributed by atoms with Gasteiger partial charge >= 0.3 is 0 Å². The number of carbonyl (C=O) groups excluding carboxylic acids is 1. The zero-order valence-electron chi connectivity index (χ0n) is 19.0. The molecule has 1 heterocycles. The highest BCUT2D eigenvalue weighted by Gasteiger charge is 2.13. The molecule has 4 aromatic rings. The fraction of sp³-hybridized carbons (Fsp3) is 0.222. The highest BCUT2D eigenvalue weighted by Crippen LogP contribution is 2.31. The van der Waals surface area contributed by atoms with Gasteiger partial charge in [0.05, 0.1) is 7.11 Å². The third-order valence-electron chi connectivity index (χ3n) is 5.79. The number of hydrogen-bond donors (Lipinski definition) is 1. The van der Waals surface area contributed by atoms with Gasteiger partial charge in [-0.3, -0.25) is 4.79 Å². The summed E-state index contributed by atoms with van der Waals surface area (Å²) in [6, 6.07) is 20.5. The van der Waals surface area contributed by atoms with E-state index in [9.17, 15) is 4.79 Å². The average Bonchev–Trinajstić information content (AvgIpc) is 3.07. The van der Waals surface area contributed by atoms with Crippen molar-refractivity contribution < 1.29 is 14.3 Å². The van der Waals surface area contributed by atoms with Crippen LogP contribution in [0, 0.1) is 13.8 Å². The molecule has 33 heavy (non-hydrogen) atoms. The van der Waals surface area contributed by atoms with E-state index in [0.29, 0.717) is 28.6 Å². The molecule has 3 aromatic carbocycles. The summed E-state index contributed by atoms with van der Waals surface area (Å²) >= 11 is 5.90. The van der Waals surface area contributed by atoms with Crippen molar-refractivity contribution in [2.75, 3.05) is 18.3 Å². The summed E-state index contributed by atoms with van der Waals surface area (Å²) < 4.78 is 13.6. The molecule has 0 radical (unpaired) electrons. The number of amides is 1. The summed E-state index contributed by atoms with van der Waals surface area (Å²) in [6.45, 7) is 5.15. The van der Waals surface area contributed by atoms with Gasteiger partial charge < -0.3 is 19.4 Å². The second kappa shape index (κ2) is 10.0. The monoisotopic (exact) mass is 462 g/mol. The first-order valence-electron chi connectivity index (χ1n) is 10.9. The van der Waals surface area contributed by atoms with Crippen LogP contribution in [0.2, 0.25) is 0 Å². The first-order valence-corrected chi connectivity index (χ1v) is 11.4. The highest BCUT2D eigenvalue weighted by atomic mass is 35.5. The Kier molecular flexibility index (Phi) is 6.90. The number of nitrogens with one attached hydrogen (secondary N) is 1. The summed E-state index contributed by atoms with van der Waals surface area (Å²) in [6.07, 6.45) is 0.925. The second-order valence-corrected chi connectivity index (χ2v) is 8.28. The van der Waals surface area contributed by atoms with Crippen molar-refractivity contribution in [3.63, 3.8) is 0 Å². The number of aromatic nitrogens is 1. The number of benzene rings is 3. The minimum atomic E-state index is -0.216. The summed E-state index contributed by atoms with van der Waals surface area (Å²) in [7, 11) is 1.59. The van der Waals surface area contributed by atoms with Crippen LogP contribution in [-0.2, 0) is 6.54 Å².